The summed E-state index contributed by atoms with van der Waals surface area (Å²) in [5, 5.41) is 0.192. The highest BCUT2D eigenvalue weighted by Gasteiger charge is 2.37. The van der Waals surface area contributed by atoms with Crippen LogP contribution in [0.4, 0.5) is 13.2 Å². The van der Waals surface area contributed by atoms with Gasteiger partial charge in [-0.15, -0.1) is 11.3 Å². The van der Waals surface area contributed by atoms with Crippen LogP contribution in [0.5, 0.6) is 0 Å². The first-order chi connectivity index (χ1) is 7.52. The van der Waals surface area contributed by atoms with Crippen molar-refractivity contribution in [3.8, 4) is 10.8 Å². The smallest absolute Gasteiger partial charge is 0.434 e. The van der Waals surface area contributed by atoms with Crippen LogP contribution in [0.2, 0.25) is 0 Å². The van der Waals surface area contributed by atoms with Crippen molar-refractivity contribution in [2.24, 2.45) is 5.73 Å². The van der Waals surface area contributed by atoms with Crippen LogP contribution >= 0.6 is 11.3 Å². The summed E-state index contributed by atoms with van der Waals surface area (Å²) >= 11 is 0.894. The van der Waals surface area contributed by atoms with Gasteiger partial charge in [-0.05, 0) is 12.1 Å². The molecule has 0 saturated carbocycles. The number of nitrogens with zero attached hydrogens (tertiary/aromatic N) is 1. The standard InChI is InChI=1S/C9H7F3N2OS/c10-9(11,12)7-6(4-13)16-8(14-7)5-2-1-3-15-5/h1-3H,4,13H2. The quantitative estimate of drug-likeness (QED) is 0.889. The highest BCUT2D eigenvalue weighted by molar-refractivity contribution is 7.15. The van der Waals surface area contributed by atoms with E-state index >= 15 is 0 Å². The summed E-state index contributed by atoms with van der Waals surface area (Å²) in [7, 11) is 0. The summed E-state index contributed by atoms with van der Waals surface area (Å²) in [6.07, 6.45) is -3.10. The van der Waals surface area contributed by atoms with Crippen molar-refractivity contribution in [1.82, 2.24) is 4.98 Å². The van der Waals surface area contributed by atoms with Gasteiger partial charge in [0, 0.05) is 6.54 Å². The van der Waals surface area contributed by atoms with Gasteiger partial charge in [-0.1, -0.05) is 0 Å². The molecular weight excluding hydrogens is 241 g/mol. The van der Waals surface area contributed by atoms with Crippen molar-refractivity contribution in [2.75, 3.05) is 0 Å². The maximum absolute atomic E-state index is 12.5. The van der Waals surface area contributed by atoms with Crippen molar-refractivity contribution in [3.63, 3.8) is 0 Å². The fraction of sp³-hybridized carbons (Fsp3) is 0.222. The molecule has 0 bridgehead atoms. The molecule has 2 aromatic heterocycles. The fourth-order valence-electron chi connectivity index (χ4n) is 1.22. The predicted octanol–water partition coefficient (Wildman–Crippen LogP) is 2.88. The lowest BCUT2D eigenvalue weighted by molar-refractivity contribution is -0.141. The van der Waals surface area contributed by atoms with E-state index in [1.807, 2.05) is 0 Å². The van der Waals surface area contributed by atoms with E-state index in [1.54, 1.807) is 12.1 Å². The van der Waals surface area contributed by atoms with Crippen LogP contribution in [-0.4, -0.2) is 4.98 Å². The maximum Gasteiger partial charge on any atom is 0.434 e. The number of hydrogen-bond acceptors (Lipinski definition) is 4. The first-order valence-electron chi connectivity index (χ1n) is 4.33. The average Bonchev–Trinajstić information content (AvgIpc) is 2.85. The van der Waals surface area contributed by atoms with Crippen LogP contribution < -0.4 is 5.73 Å². The average molecular weight is 248 g/mol. The highest BCUT2D eigenvalue weighted by Crippen LogP contribution is 2.37. The first kappa shape index (κ1) is 11.2. The number of halogens is 3. The molecule has 0 unspecified atom stereocenters. The van der Waals surface area contributed by atoms with E-state index in [2.05, 4.69) is 4.98 Å². The van der Waals surface area contributed by atoms with Crippen molar-refractivity contribution in [3.05, 3.63) is 29.0 Å². The van der Waals surface area contributed by atoms with Gasteiger partial charge in [-0.2, -0.15) is 13.2 Å². The Morgan fingerprint density at radius 2 is 2.19 bits per heavy atom. The molecule has 0 saturated heterocycles. The second kappa shape index (κ2) is 3.91. The molecule has 3 nitrogen and oxygen atoms in total. The van der Waals surface area contributed by atoms with Gasteiger partial charge in [0.15, 0.2) is 16.5 Å². The van der Waals surface area contributed by atoms with E-state index < -0.39 is 11.9 Å². The van der Waals surface area contributed by atoms with E-state index in [0.29, 0.717) is 5.76 Å². The number of aromatic nitrogens is 1. The summed E-state index contributed by atoms with van der Waals surface area (Å²) in [5.41, 5.74) is 4.33. The third-order valence-electron chi connectivity index (χ3n) is 1.88. The molecule has 7 heteroatoms. The Balaban J connectivity index is 2.48. The Morgan fingerprint density at radius 3 is 2.62 bits per heavy atom. The summed E-state index contributed by atoms with van der Waals surface area (Å²) in [5.74, 6) is 0.315. The summed E-state index contributed by atoms with van der Waals surface area (Å²) in [6.45, 7) is -0.187. The molecule has 2 aromatic rings. The highest BCUT2D eigenvalue weighted by atomic mass is 32.1. The van der Waals surface area contributed by atoms with Crippen molar-refractivity contribution in [1.29, 1.82) is 0 Å². The van der Waals surface area contributed by atoms with Gasteiger partial charge in [0.25, 0.3) is 0 Å². The number of rotatable bonds is 2. The van der Waals surface area contributed by atoms with Gasteiger partial charge >= 0.3 is 6.18 Å². The molecule has 0 atom stereocenters. The molecule has 0 aliphatic carbocycles. The van der Waals surface area contributed by atoms with Crippen LogP contribution in [0.1, 0.15) is 10.6 Å². The van der Waals surface area contributed by atoms with Crippen LogP contribution in [0.15, 0.2) is 22.8 Å². The minimum atomic E-state index is -4.48. The fourth-order valence-corrected chi connectivity index (χ4v) is 2.15. The van der Waals surface area contributed by atoms with Crippen molar-refractivity contribution in [2.45, 2.75) is 12.7 Å². The van der Waals surface area contributed by atoms with Crippen LogP contribution in [0.3, 0.4) is 0 Å². The first-order valence-corrected chi connectivity index (χ1v) is 5.15. The lowest BCUT2D eigenvalue weighted by atomic mass is 10.3. The Bertz CT molecular complexity index is 475. The van der Waals surface area contributed by atoms with Gasteiger partial charge in [-0.3, -0.25) is 0 Å². The number of hydrogen-bond donors (Lipinski definition) is 1. The van der Waals surface area contributed by atoms with Crippen LogP contribution in [-0.2, 0) is 12.7 Å². The largest absolute Gasteiger partial charge is 0.462 e. The molecule has 0 aromatic carbocycles. The molecule has 86 valence electrons. The van der Waals surface area contributed by atoms with Crippen LogP contribution in [0.25, 0.3) is 10.8 Å². The van der Waals surface area contributed by atoms with Crippen LogP contribution in [0, 0.1) is 0 Å². The third kappa shape index (κ3) is 1.96. The molecule has 16 heavy (non-hydrogen) atoms. The Kier molecular flexibility index (Phi) is 2.73. The number of furan rings is 1. The maximum atomic E-state index is 12.5. The van der Waals surface area contributed by atoms with E-state index in [4.69, 9.17) is 10.2 Å². The van der Waals surface area contributed by atoms with Gasteiger partial charge in [0.1, 0.15) is 0 Å². The van der Waals surface area contributed by atoms with Gasteiger partial charge in [0.2, 0.25) is 0 Å². The molecule has 0 radical (unpaired) electrons. The number of alkyl halides is 3. The normalized spacial score (nSPS) is 12.0. The summed E-state index contributed by atoms with van der Waals surface area (Å²) in [4.78, 5) is 3.53. The molecule has 0 spiro atoms. The molecule has 0 fully saturated rings. The summed E-state index contributed by atoms with van der Waals surface area (Å²) in [6, 6.07) is 3.14. The minimum absolute atomic E-state index is 0.0129. The van der Waals surface area contributed by atoms with E-state index in [9.17, 15) is 13.2 Å². The van der Waals surface area contributed by atoms with E-state index in [1.165, 1.54) is 6.26 Å². The second-order valence-corrected chi connectivity index (χ2v) is 4.05. The monoisotopic (exact) mass is 248 g/mol. The van der Waals surface area contributed by atoms with Gasteiger partial charge < -0.3 is 10.2 Å². The van der Waals surface area contributed by atoms with Crippen molar-refractivity contribution < 1.29 is 17.6 Å². The Hall–Kier alpha value is -1.34. The minimum Gasteiger partial charge on any atom is -0.462 e. The van der Waals surface area contributed by atoms with E-state index in [0.717, 1.165) is 11.3 Å². The SMILES string of the molecule is NCc1sc(-c2ccco2)nc1C(F)(F)F. The van der Waals surface area contributed by atoms with Gasteiger partial charge in [0.05, 0.1) is 11.1 Å². The second-order valence-electron chi connectivity index (χ2n) is 2.97. The molecule has 0 amide bonds. The molecule has 2 N–H and O–H groups in total. The van der Waals surface area contributed by atoms with Crippen molar-refractivity contribution >= 4 is 11.3 Å². The number of nitrogens with two attached hydrogens (primary N) is 1. The Morgan fingerprint density at radius 1 is 1.44 bits per heavy atom. The molecule has 0 aliphatic rings. The van der Waals surface area contributed by atoms with Gasteiger partial charge in [-0.25, -0.2) is 4.98 Å². The summed E-state index contributed by atoms with van der Waals surface area (Å²) < 4.78 is 42.6. The zero-order valence-electron chi connectivity index (χ0n) is 7.91. The Labute approximate surface area is 92.7 Å². The zero-order chi connectivity index (χ0) is 11.8. The predicted molar refractivity (Wildman–Crippen MR) is 52.7 cm³/mol. The lowest BCUT2D eigenvalue weighted by Crippen LogP contribution is -2.10. The number of thiazole rings is 1. The molecular formula is C9H7F3N2OS. The zero-order valence-corrected chi connectivity index (χ0v) is 8.73. The lowest BCUT2D eigenvalue weighted by Gasteiger charge is -2.03. The van der Waals surface area contributed by atoms with E-state index in [-0.39, 0.29) is 16.4 Å². The molecule has 2 heterocycles. The molecule has 0 aliphatic heterocycles. The third-order valence-corrected chi connectivity index (χ3v) is 2.98. The molecule has 2 rings (SSSR count). The topological polar surface area (TPSA) is 52.0 Å².